The van der Waals surface area contributed by atoms with E-state index in [4.69, 9.17) is 28.3 Å². The van der Waals surface area contributed by atoms with E-state index < -0.39 is 6.04 Å². The fourth-order valence-electron chi connectivity index (χ4n) is 7.07. The number of hydrogen-bond acceptors (Lipinski definition) is 4. The molecule has 9 heteroatoms. The molecule has 4 aromatic rings. The van der Waals surface area contributed by atoms with Crippen LogP contribution >= 0.6 is 23.2 Å². The van der Waals surface area contributed by atoms with Crippen molar-refractivity contribution in [3.63, 3.8) is 0 Å². The van der Waals surface area contributed by atoms with E-state index in [0.29, 0.717) is 22.9 Å². The second-order valence-electron chi connectivity index (χ2n) is 13.4. The summed E-state index contributed by atoms with van der Waals surface area (Å²) in [5, 5.41) is 12.3. The Kier molecular flexibility index (Phi) is 9.81. The van der Waals surface area contributed by atoms with Crippen LogP contribution in [0, 0.1) is 11.3 Å². The second-order valence-corrected chi connectivity index (χ2v) is 14.2. The normalized spacial score (nSPS) is 20.0. The smallest absolute Gasteiger partial charge is 0.243 e. The highest BCUT2D eigenvalue weighted by molar-refractivity contribution is 6.42. The predicted molar refractivity (Wildman–Crippen MR) is 183 cm³/mol. The minimum atomic E-state index is -0.617. The summed E-state index contributed by atoms with van der Waals surface area (Å²) >= 11 is 12.7. The van der Waals surface area contributed by atoms with E-state index in [1.54, 1.807) is 18.5 Å². The summed E-state index contributed by atoms with van der Waals surface area (Å²) in [5.74, 6) is 0.0938. The molecule has 3 atom stereocenters. The fraction of sp³-hybridized carbons (Fsp3) is 0.405. The Balaban J connectivity index is 1.19. The van der Waals surface area contributed by atoms with Gasteiger partial charge < -0.3 is 10.6 Å². The molecule has 6 rings (SSSR count). The first kappa shape index (κ1) is 32.3. The van der Waals surface area contributed by atoms with E-state index in [2.05, 4.69) is 35.5 Å². The van der Waals surface area contributed by atoms with Crippen LogP contribution in [-0.4, -0.2) is 38.7 Å². The van der Waals surface area contributed by atoms with Gasteiger partial charge >= 0.3 is 0 Å². The molecule has 2 amide bonds. The lowest BCUT2D eigenvalue weighted by Crippen LogP contribution is -2.52. The minimum absolute atomic E-state index is 0.0923. The zero-order valence-electron chi connectivity index (χ0n) is 26.4. The van der Waals surface area contributed by atoms with Gasteiger partial charge in [0.05, 0.1) is 21.4 Å². The van der Waals surface area contributed by atoms with E-state index in [0.717, 1.165) is 60.3 Å². The Labute approximate surface area is 281 Å². The van der Waals surface area contributed by atoms with Crippen LogP contribution in [0.2, 0.25) is 10.0 Å². The van der Waals surface area contributed by atoms with E-state index in [-0.39, 0.29) is 35.1 Å². The third kappa shape index (κ3) is 7.16. The molecule has 0 bridgehead atoms. The molecule has 7 nitrogen and oxygen atoms in total. The molecule has 2 aromatic heterocycles. The topological polar surface area (TPSA) is 88.9 Å². The maximum Gasteiger partial charge on any atom is 0.243 e. The van der Waals surface area contributed by atoms with Gasteiger partial charge in [0, 0.05) is 48.5 Å². The molecule has 2 aromatic carbocycles. The van der Waals surface area contributed by atoms with Crippen LogP contribution in [0.5, 0.6) is 0 Å². The molecule has 0 unspecified atom stereocenters. The molecule has 2 aliphatic rings. The molecule has 0 spiro atoms. The molecule has 2 heterocycles. The van der Waals surface area contributed by atoms with E-state index in [1.807, 2.05) is 59.3 Å². The number of benzene rings is 2. The third-order valence-corrected chi connectivity index (χ3v) is 10.7. The molecular weight excluding hydrogens is 617 g/mol. The number of amides is 2. The van der Waals surface area contributed by atoms with Crippen molar-refractivity contribution in [2.24, 2.45) is 11.3 Å². The van der Waals surface area contributed by atoms with Crippen LogP contribution in [0.3, 0.4) is 0 Å². The van der Waals surface area contributed by atoms with Crippen molar-refractivity contribution >= 4 is 35.0 Å². The zero-order valence-corrected chi connectivity index (χ0v) is 27.9. The van der Waals surface area contributed by atoms with Gasteiger partial charge in [-0.15, -0.1) is 0 Å². The van der Waals surface area contributed by atoms with Crippen LogP contribution in [-0.2, 0) is 16.0 Å². The van der Waals surface area contributed by atoms with Gasteiger partial charge in [0.1, 0.15) is 6.04 Å². The Bertz CT molecular complexity index is 1670. The first-order valence-electron chi connectivity index (χ1n) is 16.3. The standard InChI is InChI=1S/C37H41Cl2N5O2/c1-37(2)26(20-35(45)42-33(18-24-10-5-3-6-11-24)36(46)41-27-13-7-4-8-14-27)19-29(37)34-22-32(25-12-9-17-40-23-25)43-44(34)28-15-16-30(38)31(39)21-28/h3,5-6,9-12,15-17,21-23,26-27,29,33H,4,7-8,13-14,18-20H2,1-2H3,(H,41,46)(H,42,45)/t26-,29-,33+/m1/s1. The molecule has 2 N–H and O–H groups in total. The van der Waals surface area contributed by atoms with E-state index in [9.17, 15) is 9.59 Å². The molecular formula is C37H41Cl2N5O2. The minimum Gasteiger partial charge on any atom is -0.352 e. The molecule has 2 fully saturated rings. The van der Waals surface area contributed by atoms with Gasteiger partial charge in [-0.3, -0.25) is 14.6 Å². The largest absolute Gasteiger partial charge is 0.352 e. The molecule has 2 saturated carbocycles. The van der Waals surface area contributed by atoms with Crippen molar-refractivity contribution in [1.29, 1.82) is 0 Å². The van der Waals surface area contributed by atoms with Crippen LogP contribution in [0.1, 0.15) is 76.0 Å². The number of nitrogens with zero attached hydrogens (tertiary/aromatic N) is 3. The summed E-state index contributed by atoms with van der Waals surface area (Å²) in [6.45, 7) is 4.43. The highest BCUT2D eigenvalue weighted by Crippen LogP contribution is 2.58. The Morgan fingerprint density at radius 1 is 0.978 bits per heavy atom. The first-order valence-corrected chi connectivity index (χ1v) is 17.0. The lowest BCUT2D eigenvalue weighted by molar-refractivity contribution is -0.131. The van der Waals surface area contributed by atoms with Crippen LogP contribution in [0.15, 0.2) is 79.1 Å². The van der Waals surface area contributed by atoms with Gasteiger partial charge in [-0.2, -0.15) is 5.10 Å². The van der Waals surface area contributed by atoms with E-state index in [1.165, 1.54) is 6.42 Å². The number of carbonyl (C=O) groups is 2. The molecule has 46 heavy (non-hydrogen) atoms. The lowest BCUT2D eigenvalue weighted by Gasteiger charge is -2.52. The van der Waals surface area contributed by atoms with Gasteiger partial charge in [-0.1, -0.05) is 86.6 Å². The number of pyridine rings is 1. The number of halogens is 2. The van der Waals surface area contributed by atoms with Gasteiger partial charge in [0.25, 0.3) is 0 Å². The first-order chi connectivity index (χ1) is 22.2. The Hall–Kier alpha value is -3.68. The van der Waals surface area contributed by atoms with Crippen molar-refractivity contribution in [3.8, 4) is 16.9 Å². The summed E-state index contributed by atoms with van der Waals surface area (Å²) in [7, 11) is 0. The number of rotatable bonds is 10. The van der Waals surface area contributed by atoms with Crippen LogP contribution in [0.4, 0.5) is 0 Å². The lowest BCUT2D eigenvalue weighted by atomic mass is 9.52. The van der Waals surface area contributed by atoms with Crippen LogP contribution in [0.25, 0.3) is 16.9 Å². The highest BCUT2D eigenvalue weighted by atomic mass is 35.5. The van der Waals surface area contributed by atoms with Crippen molar-refractivity contribution in [2.75, 3.05) is 0 Å². The third-order valence-electron chi connectivity index (χ3n) is 9.99. The van der Waals surface area contributed by atoms with Crippen molar-refractivity contribution in [2.45, 2.75) is 83.2 Å². The average Bonchev–Trinajstić information content (AvgIpc) is 3.49. The summed E-state index contributed by atoms with van der Waals surface area (Å²) < 4.78 is 1.94. The Morgan fingerprint density at radius 3 is 2.46 bits per heavy atom. The number of hydrogen-bond donors (Lipinski definition) is 2. The molecule has 0 aliphatic heterocycles. The average molecular weight is 659 g/mol. The Morgan fingerprint density at radius 2 is 1.76 bits per heavy atom. The van der Waals surface area contributed by atoms with Gasteiger partial charge in [-0.05, 0) is 72.6 Å². The SMILES string of the molecule is CC1(C)[C@@H](CC(=O)N[C@@H](Cc2ccccc2)C(=O)NC2CCCCC2)C[C@@H]1c1cc(-c2cccnc2)nn1-c1ccc(Cl)c(Cl)c1. The maximum absolute atomic E-state index is 13.6. The van der Waals surface area contributed by atoms with Crippen molar-refractivity contribution in [3.05, 3.63) is 100 Å². The summed E-state index contributed by atoms with van der Waals surface area (Å²) in [6, 6.07) is 21.0. The molecule has 240 valence electrons. The second kappa shape index (κ2) is 14.0. The number of carbonyl (C=O) groups excluding carboxylic acids is 2. The van der Waals surface area contributed by atoms with Crippen LogP contribution < -0.4 is 10.6 Å². The molecule has 0 saturated heterocycles. The quantitative estimate of drug-likeness (QED) is 0.181. The monoisotopic (exact) mass is 657 g/mol. The zero-order chi connectivity index (χ0) is 32.3. The predicted octanol–water partition coefficient (Wildman–Crippen LogP) is 7.94. The van der Waals surface area contributed by atoms with Crippen molar-refractivity contribution < 1.29 is 9.59 Å². The fourth-order valence-corrected chi connectivity index (χ4v) is 7.36. The number of nitrogens with one attached hydrogen (secondary N) is 2. The number of aromatic nitrogens is 3. The van der Waals surface area contributed by atoms with Crippen molar-refractivity contribution in [1.82, 2.24) is 25.4 Å². The summed E-state index contributed by atoms with van der Waals surface area (Å²) in [6.07, 6.45) is 10.6. The van der Waals surface area contributed by atoms with E-state index >= 15 is 0 Å². The summed E-state index contributed by atoms with van der Waals surface area (Å²) in [4.78, 5) is 31.3. The molecule has 2 aliphatic carbocycles. The molecule has 0 radical (unpaired) electrons. The van der Waals surface area contributed by atoms with Gasteiger partial charge in [-0.25, -0.2) is 4.68 Å². The summed E-state index contributed by atoms with van der Waals surface area (Å²) in [5.41, 5.74) is 4.44. The highest BCUT2D eigenvalue weighted by Gasteiger charge is 2.50. The van der Waals surface area contributed by atoms with Gasteiger partial charge in [0.15, 0.2) is 0 Å². The maximum atomic E-state index is 13.6. The van der Waals surface area contributed by atoms with Gasteiger partial charge in [0.2, 0.25) is 11.8 Å².